The Morgan fingerprint density at radius 3 is 2.88 bits per heavy atom. The lowest BCUT2D eigenvalue weighted by Gasteiger charge is -2.17. The molecule has 1 heterocycles. The Morgan fingerprint density at radius 1 is 1.19 bits per heavy atom. The van der Waals surface area contributed by atoms with E-state index in [0.717, 1.165) is 18.4 Å². The first-order chi connectivity index (χ1) is 7.88. The Balaban J connectivity index is 2.10. The number of hydrogen-bond donors (Lipinski definition) is 1. The minimum absolute atomic E-state index is 0.452. The SMILES string of the molecule is OC(/C1=C/CCCCCC1)c1cccnc1. The molecule has 0 aliphatic heterocycles. The van der Waals surface area contributed by atoms with E-state index in [-0.39, 0.29) is 0 Å². The topological polar surface area (TPSA) is 33.1 Å². The molecule has 1 aromatic rings. The zero-order valence-corrected chi connectivity index (χ0v) is 9.60. The molecule has 16 heavy (non-hydrogen) atoms. The highest BCUT2D eigenvalue weighted by Gasteiger charge is 2.13. The quantitative estimate of drug-likeness (QED) is 0.770. The van der Waals surface area contributed by atoms with E-state index in [0.29, 0.717) is 0 Å². The van der Waals surface area contributed by atoms with Crippen molar-refractivity contribution in [3.05, 3.63) is 41.7 Å². The lowest BCUT2D eigenvalue weighted by molar-refractivity contribution is 0.209. The molecule has 0 amide bonds. The maximum atomic E-state index is 10.3. The van der Waals surface area contributed by atoms with Gasteiger partial charge in [0, 0.05) is 18.0 Å². The molecule has 86 valence electrons. The van der Waals surface area contributed by atoms with Crippen molar-refractivity contribution in [2.75, 3.05) is 0 Å². The van der Waals surface area contributed by atoms with Crippen LogP contribution < -0.4 is 0 Å². The molecule has 0 saturated carbocycles. The first kappa shape index (κ1) is 11.3. The normalized spacial score (nSPS) is 22.7. The number of nitrogens with zero attached hydrogens (tertiary/aromatic N) is 1. The number of aliphatic hydroxyl groups excluding tert-OH is 1. The minimum atomic E-state index is -0.452. The van der Waals surface area contributed by atoms with Gasteiger partial charge >= 0.3 is 0 Å². The molecule has 0 fully saturated rings. The van der Waals surface area contributed by atoms with Gasteiger partial charge < -0.3 is 5.11 Å². The van der Waals surface area contributed by atoms with Crippen molar-refractivity contribution in [2.24, 2.45) is 0 Å². The van der Waals surface area contributed by atoms with Crippen molar-refractivity contribution < 1.29 is 5.11 Å². The van der Waals surface area contributed by atoms with E-state index in [2.05, 4.69) is 11.1 Å². The lowest BCUT2D eigenvalue weighted by Crippen LogP contribution is -2.03. The third-order valence-electron chi connectivity index (χ3n) is 3.18. The van der Waals surface area contributed by atoms with Gasteiger partial charge in [-0.15, -0.1) is 0 Å². The van der Waals surface area contributed by atoms with E-state index in [1.54, 1.807) is 12.4 Å². The summed E-state index contributed by atoms with van der Waals surface area (Å²) >= 11 is 0. The summed E-state index contributed by atoms with van der Waals surface area (Å²) in [7, 11) is 0. The maximum Gasteiger partial charge on any atom is 0.102 e. The summed E-state index contributed by atoms with van der Waals surface area (Å²) in [6.45, 7) is 0. The molecule has 0 aromatic carbocycles. The summed E-state index contributed by atoms with van der Waals surface area (Å²) in [5.41, 5.74) is 2.09. The third kappa shape index (κ3) is 2.92. The van der Waals surface area contributed by atoms with Crippen molar-refractivity contribution in [1.29, 1.82) is 0 Å². The molecule has 0 spiro atoms. The fraction of sp³-hybridized carbons (Fsp3) is 0.500. The van der Waals surface area contributed by atoms with Crippen LogP contribution in [0.1, 0.15) is 50.2 Å². The van der Waals surface area contributed by atoms with Gasteiger partial charge in [0.15, 0.2) is 0 Å². The molecule has 1 aliphatic carbocycles. The number of allylic oxidation sites excluding steroid dienone is 1. The molecule has 1 atom stereocenters. The van der Waals surface area contributed by atoms with E-state index in [9.17, 15) is 5.11 Å². The van der Waals surface area contributed by atoms with Crippen LogP contribution >= 0.6 is 0 Å². The standard InChI is InChI=1S/C14H19NO/c16-14(13-9-6-10-15-11-13)12-7-4-2-1-3-5-8-12/h6-7,9-11,14,16H,1-5,8H2/b12-7+. The van der Waals surface area contributed by atoms with Crippen molar-refractivity contribution in [3.63, 3.8) is 0 Å². The lowest BCUT2D eigenvalue weighted by atomic mass is 9.93. The second kappa shape index (κ2) is 5.80. The first-order valence-corrected chi connectivity index (χ1v) is 6.15. The Hall–Kier alpha value is -1.15. The van der Waals surface area contributed by atoms with Crippen molar-refractivity contribution >= 4 is 0 Å². The van der Waals surface area contributed by atoms with Crippen LogP contribution in [0.25, 0.3) is 0 Å². The van der Waals surface area contributed by atoms with Gasteiger partial charge in [-0.3, -0.25) is 4.98 Å². The Morgan fingerprint density at radius 2 is 2.06 bits per heavy atom. The number of aliphatic hydroxyl groups is 1. The Labute approximate surface area is 97.0 Å². The molecule has 0 saturated heterocycles. The molecule has 1 aromatic heterocycles. The van der Waals surface area contributed by atoms with E-state index in [1.165, 1.54) is 31.3 Å². The van der Waals surface area contributed by atoms with Crippen molar-refractivity contribution in [1.82, 2.24) is 4.98 Å². The molecule has 2 heteroatoms. The van der Waals surface area contributed by atoms with E-state index < -0.39 is 6.10 Å². The average molecular weight is 217 g/mol. The van der Waals surface area contributed by atoms with Crippen LogP contribution in [0.5, 0.6) is 0 Å². The van der Waals surface area contributed by atoms with Gasteiger partial charge in [-0.2, -0.15) is 0 Å². The predicted octanol–water partition coefficient (Wildman–Crippen LogP) is 3.40. The summed E-state index contributed by atoms with van der Waals surface area (Å²) in [6.07, 6.45) is 12.5. The third-order valence-corrected chi connectivity index (χ3v) is 3.18. The monoisotopic (exact) mass is 217 g/mol. The molecule has 2 rings (SSSR count). The van der Waals surface area contributed by atoms with Crippen LogP contribution in [0, 0.1) is 0 Å². The zero-order valence-electron chi connectivity index (χ0n) is 9.60. The van der Waals surface area contributed by atoms with Gasteiger partial charge in [-0.25, -0.2) is 0 Å². The highest BCUT2D eigenvalue weighted by Crippen LogP contribution is 2.27. The number of rotatable bonds is 2. The summed E-state index contributed by atoms with van der Waals surface area (Å²) in [5.74, 6) is 0. The van der Waals surface area contributed by atoms with Crippen LogP contribution in [-0.2, 0) is 0 Å². The van der Waals surface area contributed by atoms with Crippen LogP contribution in [0.4, 0.5) is 0 Å². The number of pyridine rings is 1. The predicted molar refractivity (Wildman–Crippen MR) is 65.0 cm³/mol. The van der Waals surface area contributed by atoms with Gasteiger partial charge in [0.25, 0.3) is 0 Å². The molecule has 0 radical (unpaired) electrons. The smallest absolute Gasteiger partial charge is 0.102 e. The maximum absolute atomic E-state index is 10.3. The zero-order chi connectivity index (χ0) is 11.2. The molecule has 0 bridgehead atoms. The number of hydrogen-bond acceptors (Lipinski definition) is 2. The second-order valence-electron chi connectivity index (χ2n) is 4.42. The van der Waals surface area contributed by atoms with E-state index in [4.69, 9.17) is 0 Å². The van der Waals surface area contributed by atoms with Gasteiger partial charge in [0.05, 0.1) is 0 Å². The van der Waals surface area contributed by atoms with Crippen LogP contribution in [0.3, 0.4) is 0 Å². The van der Waals surface area contributed by atoms with Crippen LogP contribution in [0.2, 0.25) is 0 Å². The van der Waals surface area contributed by atoms with E-state index in [1.807, 2.05) is 12.1 Å². The molecular formula is C14H19NO. The highest BCUT2D eigenvalue weighted by atomic mass is 16.3. The van der Waals surface area contributed by atoms with Crippen molar-refractivity contribution in [2.45, 2.75) is 44.6 Å². The molecular weight excluding hydrogens is 198 g/mol. The number of aromatic nitrogens is 1. The molecule has 1 aliphatic rings. The minimum Gasteiger partial charge on any atom is -0.384 e. The molecule has 1 N–H and O–H groups in total. The Bertz CT molecular complexity index is 345. The highest BCUT2D eigenvalue weighted by molar-refractivity contribution is 5.23. The van der Waals surface area contributed by atoms with Gasteiger partial charge in [-0.05, 0) is 37.3 Å². The average Bonchev–Trinajstić information content (AvgIpc) is 2.29. The second-order valence-corrected chi connectivity index (χ2v) is 4.42. The first-order valence-electron chi connectivity index (χ1n) is 6.15. The largest absolute Gasteiger partial charge is 0.384 e. The van der Waals surface area contributed by atoms with Crippen LogP contribution in [-0.4, -0.2) is 10.1 Å². The summed E-state index contributed by atoms with van der Waals surface area (Å²) < 4.78 is 0. The fourth-order valence-electron chi connectivity index (χ4n) is 2.22. The van der Waals surface area contributed by atoms with Crippen molar-refractivity contribution in [3.8, 4) is 0 Å². The summed E-state index contributed by atoms with van der Waals surface area (Å²) in [5, 5.41) is 10.3. The summed E-state index contributed by atoms with van der Waals surface area (Å²) in [4.78, 5) is 4.06. The van der Waals surface area contributed by atoms with Gasteiger partial charge in [0.2, 0.25) is 0 Å². The Kier molecular flexibility index (Phi) is 4.11. The van der Waals surface area contributed by atoms with Crippen LogP contribution in [0.15, 0.2) is 36.2 Å². The van der Waals surface area contributed by atoms with Gasteiger partial charge in [-0.1, -0.05) is 25.0 Å². The van der Waals surface area contributed by atoms with E-state index >= 15 is 0 Å². The molecule has 2 nitrogen and oxygen atoms in total. The summed E-state index contributed by atoms with van der Waals surface area (Å²) in [6, 6.07) is 3.82. The fourth-order valence-corrected chi connectivity index (χ4v) is 2.22. The van der Waals surface area contributed by atoms with Gasteiger partial charge in [0.1, 0.15) is 6.10 Å². The molecule has 1 unspecified atom stereocenters.